The molecule has 0 rings (SSSR count). The minimum atomic E-state index is 0. The summed E-state index contributed by atoms with van der Waals surface area (Å²) in [6, 6.07) is 0. The third-order valence-electron chi connectivity index (χ3n) is 0.250. The number of hydrogen-bond donors (Lipinski definition) is 0. The summed E-state index contributed by atoms with van der Waals surface area (Å²) in [6.45, 7) is 13.8. The summed E-state index contributed by atoms with van der Waals surface area (Å²) >= 11 is 0. The predicted octanol–water partition coefficient (Wildman–Crippen LogP) is 2.91. The van der Waals surface area contributed by atoms with Gasteiger partial charge in [-0.1, -0.05) is 0 Å². The summed E-state index contributed by atoms with van der Waals surface area (Å²) < 4.78 is 0. The summed E-state index contributed by atoms with van der Waals surface area (Å²) in [5.41, 5.74) is 0. The van der Waals surface area contributed by atoms with Gasteiger partial charge in [-0.25, -0.2) is 12.8 Å². The van der Waals surface area contributed by atoms with E-state index in [9.17, 15) is 0 Å². The second-order valence-corrected chi connectivity index (χ2v) is 1.06. The molecule has 8 heteroatoms. The molecule has 0 aromatic heterocycles. The van der Waals surface area contributed by atoms with E-state index < -0.39 is 0 Å². The van der Waals surface area contributed by atoms with Crippen molar-refractivity contribution >= 4 is 0 Å². The Morgan fingerprint density at radius 3 is 0.562 bits per heavy atom. The van der Waals surface area contributed by atoms with Gasteiger partial charge in [0.05, 0.1) is 0 Å². The van der Waals surface area contributed by atoms with E-state index in [1.54, 1.807) is 0 Å². The van der Waals surface area contributed by atoms with Gasteiger partial charge in [-0.15, -0.1) is 0 Å². The maximum Gasteiger partial charge on any atom is 0 e. The first-order valence-electron chi connectivity index (χ1n) is 2.50. The standard InChI is InChI=1S/C4H8.C3H6.CH3.W.7Y/c1-3-4-2;1-3-2;;;;;;;;;/h1-4H2;1-3H2;1H3;;;;;;;;/q2*-2;-1;;;;;;;;. The van der Waals surface area contributed by atoms with Crippen molar-refractivity contribution in [1.82, 2.24) is 0 Å². The molecule has 0 amide bonds. The average Bonchev–Trinajstić information content (AvgIpc) is 1.69. The molecule has 0 spiro atoms. The maximum absolute atomic E-state index is 3.54. The van der Waals surface area contributed by atoms with Crippen LogP contribution in [0.2, 0.25) is 0 Å². The van der Waals surface area contributed by atoms with Gasteiger partial charge in [-0.3, -0.25) is 0 Å². The fraction of sp³-hybridized carbons (Fsp3) is 0.375. The van der Waals surface area contributed by atoms with Crippen LogP contribution < -0.4 is 0 Å². The summed E-state index contributed by atoms with van der Waals surface area (Å²) in [7, 11) is 0. The molecule has 7 radical (unpaired) electrons. The molecular weight excluding hydrogens is 902 g/mol. The Morgan fingerprint density at radius 1 is 0.500 bits per heavy atom. The smallest absolute Gasteiger partial charge is 0 e. The van der Waals surface area contributed by atoms with Crippen molar-refractivity contribution in [2.45, 2.75) is 19.3 Å². The van der Waals surface area contributed by atoms with Crippen LogP contribution >= 0.6 is 0 Å². The van der Waals surface area contributed by atoms with E-state index >= 15 is 0 Å². The molecule has 0 nitrogen and oxygen atoms in total. The van der Waals surface area contributed by atoms with Crippen LogP contribution in [-0.4, -0.2) is 0 Å². The van der Waals surface area contributed by atoms with Gasteiger partial charge in [0.1, 0.15) is 0 Å². The zero-order chi connectivity index (χ0) is 6.12. The minimum Gasteiger partial charge on any atom is -0.372 e. The number of unbranched alkanes of at least 4 members (excludes halogenated alkanes) is 1. The van der Waals surface area contributed by atoms with Crippen LogP contribution in [0, 0.1) is 35.1 Å². The monoisotopic (exact) mass is 919 g/mol. The van der Waals surface area contributed by atoms with Crippen molar-refractivity contribution in [3.05, 3.63) is 35.1 Å². The fourth-order valence-electron chi connectivity index (χ4n) is 0. The largest absolute Gasteiger partial charge is 0.372 e. The third-order valence-corrected chi connectivity index (χ3v) is 0.250. The van der Waals surface area contributed by atoms with E-state index in [2.05, 4.69) is 27.7 Å². The van der Waals surface area contributed by atoms with Crippen molar-refractivity contribution in [2.24, 2.45) is 0 Å². The zero-order valence-corrected chi connectivity index (χ0v) is 33.2. The van der Waals surface area contributed by atoms with Crippen LogP contribution in [-0.2, 0) is 250 Å². The van der Waals surface area contributed by atoms with Crippen molar-refractivity contribution in [1.29, 1.82) is 0 Å². The van der Waals surface area contributed by atoms with Crippen LogP contribution in [0.15, 0.2) is 0 Å². The number of hydrogen-bond acceptors (Lipinski definition) is 0. The van der Waals surface area contributed by atoms with Gasteiger partial charge in [0.2, 0.25) is 0 Å². The first-order chi connectivity index (χ1) is 3.33. The second kappa shape index (κ2) is 90.3. The summed E-state index contributed by atoms with van der Waals surface area (Å²) in [5.74, 6) is 0. The predicted molar refractivity (Wildman–Crippen MR) is 41.7 cm³/mol. The quantitative estimate of drug-likeness (QED) is 0.356. The summed E-state index contributed by atoms with van der Waals surface area (Å²) in [4.78, 5) is 0. The SMILES string of the molecule is [CH2-]CC[CH2-].[CH2-]C[CH2-].[CH3-].[W].[Y].[Y].[Y].[Y].[Y].[Y].[Y]. The van der Waals surface area contributed by atoms with Gasteiger partial charge >= 0.3 is 0 Å². The first kappa shape index (κ1) is 74.4. The average molecular weight is 919 g/mol. The third kappa shape index (κ3) is 116. The van der Waals surface area contributed by atoms with Crippen LogP contribution in [0.5, 0.6) is 0 Å². The molecule has 0 heterocycles. The van der Waals surface area contributed by atoms with E-state index in [0.29, 0.717) is 0 Å². The topological polar surface area (TPSA) is 0 Å². The second-order valence-electron chi connectivity index (χ2n) is 1.06. The van der Waals surface area contributed by atoms with Crippen molar-refractivity contribution in [3.63, 3.8) is 0 Å². The fourth-order valence-corrected chi connectivity index (χ4v) is 0. The first-order valence-corrected chi connectivity index (χ1v) is 2.50. The van der Waals surface area contributed by atoms with Crippen molar-refractivity contribution < 1.29 is 250 Å². The van der Waals surface area contributed by atoms with Gasteiger partial charge in [0.25, 0.3) is 0 Å². The molecule has 81 valence electrons. The molecule has 0 aliphatic rings. The van der Waals surface area contributed by atoms with Gasteiger partial charge in [-0.05, 0) is 0 Å². The summed E-state index contributed by atoms with van der Waals surface area (Å²) in [5, 5.41) is 0. The molecule has 16 heavy (non-hydrogen) atoms. The Morgan fingerprint density at radius 2 is 0.562 bits per heavy atom. The van der Waals surface area contributed by atoms with Gasteiger partial charge < -0.3 is 41.5 Å². The molecule has 0 aromatic rings. The van der Waals surface area contributed by atoms with Gasteiger partial charge in [0.15, 0.2) is 0 Å². The molecule has 0 atom stereocenters. The van der Waals surface area contributed by atoms with Crippen LogP contribution in [0.4, 0.5) is 0 Å². The molecule has 0 fully saturated rings. The Hall–Kier alpha value is 8.42. The molecule has 0 aliphatic heterocycles. The molecule has 0 aromatic carbocycles. The van der Waals surface area contributed by atoms with Crippen LogP contribution in [0.1, 0.15) is 19.3 Å². The maximum atomic E-state index is 3.54. The van der Waals surface area contributed by atoms with Gasteiger partial charge in [0, 0.05) is 250 Å². The van der Waals surface area contributed by atoms with E-state index in [-0.39, 0.29) is 257 Å². The normalized spacial score (nSPS) is 3.00. The van der Waals surface area contributed by atoms with Crippen LogP contribution in [0.3, 0.4) is 0 Å². The van der Waals surface area contributed by atoms with Crippen molar-refractivity contribution in [3.8, 4) is 0 Å². The Balaban J connectivity index is -0.00000000224. The molecule has 0 bridgehead atoms. The van der Waals surface area contributed by atoms with E-state index in [0.717, 1.165) is 19.3 Å². The molecule has 0 saturated carbocycles. The summed E-state index contributed by atoms with van der Waals surface area (Å²) in [6.07, 6.45) is 2.67. The minimum absolute atomic E-state index is 0. The van der Waals surface area contributed by atoms with E-state index in [1.807, 2.05) is 0 Å². The molecule has 0 aliphatic carbocycles. The Bertz CT molecular complexity index is 27.9. The van der Waals surface area contributed by atoms with Gasteiger partial charge in [-0.2, -0.15) is 0 Å². The molecular formula is C8H17WY7-5. The van der Waals surface area contributed by atoms with Crippen molar-refractivity contribution in [2.75, 3.05) is 0 Å². The Labute approximate surface area is 295 Å². The molecule has 0 saturated heterocycles. The van der Waals surface area contributed by atoms with Crippen LogP contribution in [0.25, 0.3) is 0 Å². The number of rotatable bonds is 1. The Kier molecular flexibility index (Phi) is 420. The zero-order valence-electron chi connectivity index (χ0n) is 10.4. The molecule has 0 unspecified atom stereocenters. The van der Waals surface area contributed by atoms with E-state index in [1.165, 1.54) is 0 Å². The molecule has 0 N–H and O–H groups in total. The van der Waals surface area contributed by atoms with E-state index in [4.69, 9.17) is 0 Å².